The Morgan fingerprint density at radius 2 is 2.38 bits per heavy atom. The highest BCUT2D eigenvalue weighted by Gasteiger charge is 2.23. The lowest BCUT2D eigenvalue weighted by atomic mass is 9.85. The summed E-state index contributed by atoms with van der Waals surface area (Å²) in [6.45, 7) is 1.80. The van der Waals surface area contributed by atoms with Crippen LogP contribution in [-0.2, 0) is 6.54 Å². The molecule has 0 radical (unpaired) electrons. The molecule has 1 saturated carbocycles. The van der Waals surface area contributed by atoms with Crippen LogP contribution >= 0.6 is 0 Å². The van der Waals surface area contributed by atoms with E-state index < -0.39 is 0 Å². The van der Waals surface area contributed by atoms with Crippen LogP contribution in [0.3, 0.4) is 0 Å². The van der Waals surface area contributed by atoms with E-state index in [1.807, 2.05) is 6.20 Å². The van der Waals surface area contributed by atoms with E-state index in [1.54, 1.807) is 0 Å². The third-order valence-electron chi connectivity index (χ3n) is 2.82. The van der Waals surface area contributed by atoms with Crippen LogP contribution in [0.25, 0.3) is 0 Å². The van der Waals surface area contributed by atoms with Gasteiger partial charge in [0.25, 0.3) is 0 Å². The molecule has 1 aromatic rings. The number of hydrogen-bond acceptors (Lipinski definition) is 2. The van der Waals surface area contributed by atoms with Gasteiger partial charge in [-0.2, -0.15) is 0 Å². The number of rotatable bonds is 4. The monoisotopic (exact) mass is 179 g/mol. The standard InChI is InChI=1S/C10H17N3/c11-5-2-7-13-8-6-12-10(13)9-3-1-4-9/h6,8-9H,1-5,7,11H2. The van der Waals surface area contributed by atoms with Gasteiger partial charge in [-0.15, -0.1) is 0 Å². The average Bonchev–Trinajstić information content (AvgIpc) is 2.46. The summed E-state index contributed by atoms with van der Waals surface area (Å²) in [5, 5.41) is 0. The minimum absolute atomic E-state index is 0.729. The van der Waals surface area contributed by atoms with Gasteiger partial charge < -0.3 is 10.3 Å². The summed E-state index contributed by atoms with van der Waals surface area (Å²) in [6, 6.07) is 0. The van der Waals surface area contributed by atoms with E-state index >= 15 is 0 Å². The van der Waals surface area contributed by atoms with Crippen LogP contribution in [0, 0.1) is 0 Å². The lowest BCUT2D eigenvalue weighted by Gasteiger charge is -2.25. The predicted octanol–water partition coefficient (Wildman–Crippen LogP) is 1.50. The molecule has 0 atom stereocenters. The number of imidazole rings is 1. The Labute approximate surface area is 79.0 Å². The van der Waals surface area contributed by atoms with Crippen LogP contribution in [-0.4, -0.2) is 16.1 Å². The smallest absolute Gasteiger partial charge is 0.111 e. The summed E-state index contributed by atoms with van der Waals surface area (Å²) < 4.78 is 2.26. The van der Waals surface area contributed by atoms with Gasteiger partial charge in [0, 0.05) is 24.9 Å². The van der Waals surface area contributed by atoms with Gasteiger partial charge in [0.15, 0.2) is 0 Å². The van der Waals surface area contributed by atoms with E-state index in [0.717, 1.165) is 25.4 Å². The van der Waals surface area contributed by atoms with Gasteiger partial charge in [-0.1, -0.05) is 6.42 Å². The van der Waals surface area contributed by atoms with Crippen LogP contribution in [0.15, 0.2) is 12.4 Å². The summed E-state index contributed by atoms with van der Waals surface area (Å²) in [7, 11) is 0. The normalized spacial score (nSPS) is 17.3. The summed E-state index contributed by atoms with van der Waals surface area (Å²) in [6.07, 6.45) is 9.04. The molecular weight excluding hydrogens is 162 g/mol. The fraction of sp³-hybridized carbons (Fsp3) is 0.700. The molecule has 0 spiro atoms. The van der Waals surface area contributed by atoms with Gasteiger partial charge >= 0.3 is 0 Å². The van der Waals surface area contributed by atoms with E-state index in [9.17, 15) is 0 Å². The van der Waals surface area contributed by atoms with Crippen molar-refractivity contribution in [3.05, 3.63) is 18.2 Å². The van der Waals surface area contributed by atoms with Gasteiger partial charge in [0.05, 0.1) is 0 Å². The third-order valence-corrected chi connectivity index (χ3v) is 2.82. The van der Waals surface area contributed by atoms with E-state index in [2.05, 4.69) is 15.7 Å². The molecule has 3 nitrogen and oxygen atoms in total. The van der Waals surface area contributed by atoms with Gasteiger partial charge in [-0.25, -0.2) is 4.98 Å². The van der Waals surface area contributed by atoms with Crippen molar-refractivity contribution >= 4 is 0 Å². The quantitative estimate of drug-likeness (QED) is 0.761. The van der Waals surface area contributed by atoms with E-state index in [1.165, 1.54) is 25.1 Å². The Kier molecular flexibility index (Phi) is 2.64. The fourth-order valence-corrected chi connectivity index (χ4v) is 1.80. The Balaban J connectivity index is 2.02. The highest BCUT2D eigenvalue weighted by atomic mass is 15.1. The minimum Gasteiger partial charge on any atom is -0.335 e. The highest BCUT2D eigenvalue weighted by molar-refractivity contribution is 5.04. The number of nitrogens with zero attached hydrogens (tertiary/aromatic N) is 2. The zero-order valence-corrected chi connectivity index (χ0v) is 7.95. The van der Waals surface area contributed by atoms with E-state index in [-0.39, 0.29) is 0 Å². The largest absolute Gasteiger partial charge is 0.335 e. The number of aryl methyl sites for hydroxylation is 1. The SMILES string of the molecule is NCCCn1ccnc1C1CCC1. The Hall–Kier alpha value is -0.830. The Bertz CT molecular complexity index is 263. The van der Waals surface area contributed by atoms with Crippen LogP contribution in [0.4, 0.5) is 0 Å². The summed E-state index contributed by atoms with van der Waals surface area (Å²) >= 11 is 0. The van der Waals surface area contributed by atoms with Crippen molar-refractivity contribution < 1.29 is 0 Å². The first-order valence-electron chi connectivity index (χ1n) is 5.13. The van der Waals surface area contributed by atoms with E-state index in [0.29, 0.717) is 0 Å². The molecule has 72 valence electrons. The second-order valence-electron chi connectivity index (χ2n) is 3.75. The molecule has 3 heteroatoms. The lowest BCUT2D eigenvalue weighted by Crippen LogP contribution is -2.16. The highest BCUT2D eigenvalue weighted by Crippen LogP contribution is 2.35. The van der Waals surface area contributed by atoms with Gasteiger partial charge in [0.2, 0.25) is 0 Å². The molecule has 1 aliphatic carbocycles. The van der Waals surface area contributed by atoms with Crippen molar-refractivity contribution in [2.75, 3.05) is 6.54 Å². The van der Waals surface area contributed by atoms with Crippen LogP contribution in [0.2, 0.25) is 0 Å². The molecule has 0 aliphatic heterocycles. The second kappa shape index (κ2) is 3.92. The number of nitrogens with two attached hydrogens (primary N) is 1. The molecule has 1 heterocycles. The first kappa shape index (κ1) is 8.75. The maximum absolute atomic E-state index is 5.48. The van der Waals surface area contributed by atoms with Crippen molar-refractivity contribution in [2.24, 2.45) is 5.73 Å². The molecule has 0 amide bonds. The van der Waals surface area contributed by atoms with Crippen LogP contribution in [0.1, 0.15) is 37.4 Å². The first-order valence-corrected chi connectivity index (χ1v) is 5.13. The first-order chi connectivity index (χ1) is 6.42. The second-order valence-corrected chi connectivity index (χ2v) is 3.75. The third kappa shape index (κ3) is 1.75. The molecule has 0 bridgehead atoms. The number of hydrogen-bond donors (Lipinski definition) is 1. The fourth-order valence-electron chi connectivity index (χ4n) is 1.80. The molecule has 0 aromatic carbocycles. The molecule has 0 unspecified atom stereocenters. The molecule has 13 heavy (non-hydrogen) atoms. The summed E-state index contributed by atoms with van der Waals surface area (Å²) in [5.41, 5.74) is 5.48. The molecule has 1 aromatic heterocycles. The topological polar surface area (TPSA) is 43.8 Å². The zero-order valence-electron chi connectivity index (χ0n) is 7.95. The maximum atomic E-state index is 5.48. The summed E-state index contributed by atoms with van der Waals surface area (Å²) in [5.74, 6) is 2.01. The van der Waals surface area contributed by atoms with Gasteiger partial charge in [0.1, 0.15) is 5.82 Å². The Morgan fingerprint density at radius 3 is 3.00 bits per heavy atom. The maximum Gasteiger partial charge on any atom is 0.111 e. The predicted molar refractivity (Wildman–Crippen MR) is 52.5 cm³/mol. The molecule has 2 rings (SSSR count). The molecule has 1 aliphatic rings. The van der Waals surface area contributed by atoms with Crippen LogP contribution in [0.5, 0.6) is 0 Å². The van der Waals surface area contributed by atoms with Crippen molar-refractivity contribution in [1.82, 2.24) is 9.55 Å². The number of aromatic nitrogens is 2. The average molecular weight is 179 g/mol. The minimum atomic E-state index is 0.729. The lowest BCUT2D eigenvalue weighted by molar-refractivity contribution is 0.385. The van der Waals surface area contributed by atoms with Crippen LogP contribution < -0.4 is 5.73 Å². The molecule has 1 fully saturated rings. The van der Waals surface area contributed by atoms with E-state index in [4.69, 9.17) is 5.73 Å². The van der Waals surface area contributed by atoms with Gasteiger partial charge in [-0.05, 0) is 25.8 Å². The molecule has 0 saturated heterocycles. The van der Waals surface area contributed by atoms with Crippen molar-refractivity contribution in [3.8, 4) is 0 Å². The summed E-state index contributed by atoms with van der Waals surface area (Å²) in [4.78, 5) is 4.41. The van der Waals surface area contributed by atoms with Crippen molar-refractivity contribution in [3.63, 3.8) is 0 Å². The van der Waals surface area contributed by atoms with Crippen molar-refractivity contribution in [2.45, 2.75) is 38.1 Å². The Morgan fingerprint density at radius 1 is 1.54 bits per heavy atom. The van der Waals surface area contributed by atoms with Crippen molar-refractivity contribution in [1.29, 1.82) is 0 Å². The molecule has 2 N–H and O–H groups in total. The molecular formula is C10H17N3. The zero-order chi connectivity index (χ0) is 9.10. The van der Waals surface area contributed by atoms with Gasteiger partial charge in [-0.3, -0.25) is 0 Å².